The molecule has 1 aliphatic heterocycles. The van der Waals surface area contributed by atoms with Gasteiger partial charge in [0.15, 0.2) is 0 Å². The average molecular weight is 389 g/mol. The summed E-state index contributed by atoms with van der Waals surface area (Å²) in [5.74, 6) is -0.643. The van der Waals surface area contributed by atoms with Crippen molar-refractivity contribution in [3.63, 3.8) is 0 Å². The minimum Gasteiger partial charge on any atom is -0.368 e. The van der Waals surface area contributed by atoms with Crippen LogP contribution in [-0.2, 0) is 0 Å². The zero-order valence-electron chi connectivity index (χ0n) is 24.7. The van der Waals surface area contributed by atoms with Crippen molar-refractivity contribution in [2.45, 2.75) is 45.0 Å². The molecule has 6 heteroatoms. The molecule has 1 aromatic rings. The summed E-state index contributed by atoms with van der Waals surface area (Å²) in [6.45, 7) is -11.9. The molecular weight excluding hydrogens is 348 g/mol. The summed E-state index contributed by atoms with van der Waals surface area (Å²) < 4.78 is 86.3. The van der Waals surface area contributed by atoms with Crippen molar-refractivity contribution < 1.29 is 18.5 Å². The summed E-state index contributed by atoms with van der Waals surface area (Å²) in [6.07, 6.45) is -0.721. The van der Waals surface area contributed by atoms with Gasteiger partial charge in [-0.15, -0.1) is 0 Å². The van der Waals surface area contributed by atoms with E-state index in [1.807, 2.05) is 0 Å². The second-order valence-corrected chi connectivity index (χ2v) is 6.92. The van der Waals surface area contributed by atoms with Crippen LogP contribution in [-0.4, -0.2) is 49.5 Å². The minimum atomic E-state index is -3.16. The number of carbonyl (C=O) groups excluding carboxylic acids is 1. The van der Waals surface area contributed by atoms with Crippen molar-refractivity contribution in [1.82, 2.24) is 10.2 Å². The van der Waals surface area contributed by atoms with E-state index >= 15 is 0 Å². The molecule has 1 aromatic carbocycles. The number of rotatable bonds is 5. The summed E-state index contributed by atoms with van der Waals surface area (Å²) in [6, 6.07) is 3.49. The fraction of sp³-hybridized carbons (Fsp3) is 0.650. The molecule has 144 valence electrons. The molecule has 0 spiro atoms. The highest BCUT2D eigenvalue weighted by molar-refractivity contribution is 6.34. The van der Waals surface area contributed by atoms with Gasteiger partial charge in [0.05, 0.1) is 16.2 Å². The van der Waals surface area contributed by atoms with Gasteiger partial charge in [-0.05, 0) is 63.1 Å². The highest BCUT2D eigenvalue weighted by Crippen LogP contribution is 2.30. The molecule has 2 aliphatic rings. The number of benzene rings is 1. The van der Waals surface area contributed by atoms with Crippen molar-refractivity contribution in [3.8, 4) is 0 Å². The molecule has 26 heavy (non-hydrogen) atoms. The molecule has 3 N–H and O–H groups in total. The number of hydrogen-bond acceptors (Lipinski definition) is 3. The Morgan fingerprint density at radius 3 is 2.65 bits per heavy atom. The molecule has 2 amide bonds. The number of anilines is 1. The molecule has 1 saturated carbocycles. The zero-order chi connectivity index (χ0) is 27.5. The average Bonchev–Trinajstić information content (AvgIpc) is 2.74. The number of primary amides is 1. The third-order valence-electron chi connectivity index (χ3n) is 4.62. The van der Waals surface area contributed by atoms with Crippen molar-refractivity contribution in [2.75, 3.05) is 37.4 Å². The van der Waals surface area contributed by atoms with Crippen molar-refractivity contribution in [3.05, 3.63) is 28.8 Å². The van der Waals surface area contributed by atoms with Crippen molar-refractivity contribution in [1.29, 1.82) is 0 Å². The van der Waals surface area contributed by atoms with Crippen LogP contribution in [0.5, 0.6) is 0 Å². The van der Waals surface area contributed by atoms with Gasteiger partial charge in [-0.25, -0.2) is 4.79 Å². The molecule has 0 bridgehead atoms. The van der Waals surface area contributed by atoms with Crippen LogP contribution in [0.3, 0.4) is 0 Å². The third kappa shape index (κ3) is 5.04. The van der Waals surface area contributed by atoms with E-state index in [9.17, 15) is 4.79 Å². The second kappa shape index (κ2) is 8.96. The number of urea groups is 1. The van der Waals surface area contributed by atoms with Crippen LogP contribution in [0, 0.1) is 12.8 Å². The van der Waals surface area contributed by atoms with Gasteiger partial charge in [0, 0.05) is 40.3 Å². The van der Waals surface area contributed by atoms with Gasteiger partial charge >= 0.3 is 6.03 Å². The molecule has 2 fully saturated rings. The van der Waals surface area contributed by atoms with Gasteiger partial charge in [0.2, 0.25) is 0 Å². The van der Waals surface area contributed by atoms with Crippen LogP contribution in [0.1, 0.15) is 51.3 Å². The maximum Gasteiger partial charge on any atom is 0.312 e. The number of nitrogens with zero attached hydrogens (tertiary/aromatic N) is 2. The number of aryl methyl sites for hydroxylation is 1. The first kappa shape index (κ1) is 10.2. The Balaban J connectivity index is 1.97. The maximum atomic E-state index is 11.1. The first-order valence-electron chi connectivity index (χ1n) is 13.7. The van der Waals surface area contributed by atoms with Gasteiger partial charge in [-0.3, -0.25) is 4.90 Å². The van der Waals surface area contributed by atoms with Gasteiger partial charge in [0.25, 0.3) is 0 Å². The number of carbonyl (C=O) groups is 1. The summed E-state index contributed by atoms with van der Waals surface area (Å²) in [7, 11) is 0. The molecule has 0 aromatic heterocycles. The lowest BCUT2D eigenvalue weighted by molar-refractivity contribution is 0.207. The van der Waals surface area contributed by atoms with Crippen LogP contribution in [0.2, 0.25) is 5.02 Å². The Morgan fingerprint density at radius 2 is 2.00 bits per heavy atom. The number of nitrogens with two attached hydrogens (primary N) is 1. The molecule has 5 nitrogen and oxygen atoms in total. The van der Waals surface area contributed by atoms with Crippen LogP contribution in [0.25, 0.3) is 0 Å². The lowest BCUT2D eigenvalue weighted by Crippen LogP contribution is -2.47. The van der Waals surface area contributed by atoms with Crippen LogP contribution in [0.4, 0.5) is 10.5 Å². The number of nitrogens with one attached hydrogen (secondary N) is 1. The quantitative estimate of drug-likeness (QED) is 0.812. The van der Waals surface area contributed by atoms with E-state index < -0.39 is 50.9 Å². The molecule has 0 radical (unpaired) electrons. The molecule has 1 saturated heterocycles. The van der Waals surface area contributed by atoms with Gasteiger partial charge in [0.1, 0.15) is 0 Å². The van der Waals surface area contributed by atoms with Gasteiger partial charge < -0.3 is 16.0 Å². The van der Waals surface area contributed by atoms with Crippen LogP contribution >= 0.6 is 11.6 Å². The first-order valence-corrected chi connectivity index (χ1v) is 9.05. The number of amides is 2. The zero-order valence-corrected chi connectivity index (χ0v) is 15.4. The number of hydrogen-bond donors (Lipinski definition) is 2. The lowest BCUT2D eigenvalue weighted by atomic mass is 9.84. The van der Waals surface area contributed by atoms with E-state index in [2.05, 4.69) is 5.32 Å². The van der Waals surface area contributed by atoms with E-state index in [0.717, 1.165) is 0 Å². The molecule has 0 unspecified atom stereocenters. The minimum absolute atomic E-state index is 0.0399. The Bertz CT molecular complexity index is 973. The fourth-order valence-corrected chi connectivity index (χ4v) is 3.35. The maximum absolute atomic E-state index is 11.1. The Labute approximate surface area is 175 Å². The summed E-state index contributed by atoms with van der Waals surface area (Å²) >= 11 is 6.33. The number of piperazine rings is 1. The largest absolute Gasteiger partial charge is 0.368 e. The normalized spacial score (nSPS) is 38.5. The third-order valence-corrected chi connectivity index (χ3v) is 5.11. The predicted octanol–water partition coefficient (Wildman–Crippen LogP) is 3.39. The molecular formula is C20H31ClN4O. The van der Waals surface area contributed by atoms with E-state index in [1.54, 1.807) is 13.0 Å². The van der Waals surface area contributed by atoms with E-state index in [4.69, 9.17) is 31.0 Å². The summed E-state index contributed by atoms with van der Waals surface area (Å²) in [5.41, 5.74) is 5.42. The monoisotopic (exact) mass is 388 g/mol. The molecule has 1 heterocycles. The number of halogens is 1. The summed E-state index contributed by atoms with van der Waals surface area (Å²) in [5, 5.41) is 2.54. The fourth-order valence-electron chi connectivity index (χ4n) is 3.14. The molecule has 3 rings (SSSR count). The first-order chi connectivity index (χ1) is 16.3. The SMILES string of the molecule is [2H]C1([2H])N(CC([2H])([2H])[C@H]2CC[C@H](NC(N)=O)CC2)C([2H])([2H])C([2H])([2H])N(c2cccc(C)c2Cl)C1([2H])[2H]. The topological polar surface area (TPSA) is 61.6 Å². The van der Waals surface area contributed by atoms with Gasteiger partial charge in [-0.1, -0.05) is 23.7 Å². The Hall–Kier alpha value is -1.46. The van der Waals surface area contributed by atoms with Crippen molar-refractivity contribution in [2.24, 2.45) is 11.7 Å². The molecule has 1 aliphatic carbocycles. The highest BCUT2D eigenvalue weighted by atomic mass is 35.5. The smallest absolute Gasteiger partial charge is 0.312 e. The van der Waals surface area contributed by atoms with E-state index in [0.29, 0.717) is 41.0 Å². The van der Waals surface area contributed by atoms with E-state index in [-0.39, 0.29) is 16.8 Å². The second-order valence-electron chi connectivity index (χ2n) is 6.54. The van der Waals surface area contributed by atoms with Gasteiger partial charge in [-0.2, -0.15) is 0 Å². The summed E-state index contributed by atoms with van der Waals surface area (Å²) in [4.78, 5) is 11.8. The Kier molecular flexibility index (Phi) is 3.51. The standard InChI is InChI=1S/C20H31ClN4O/c1-15-3-2-4-18(19(15)21)25-13-11-24(12-14-25)10-9-16-5-7-17(8-6-16)23-20(22)26/h2-4,16-17H,5-14H2,1H3,(H3,22,23,26)/t16-,17-/i9D2,11D2,12D2,13D2,14D2. The van der Waals surface area contributed by atoms with Crippen LogP contribution < -0.4 is 16.0 Å². The lowest BCUT2D eigenvalue weighted by Gasteiger charge is -2.37. The van der Waals surface area contributed by atoms with E-state index in [1.165, 1.54) is 12.1 Å². The molecule has 0 atom stereocenters. The highest BCUT2D eigenvalue weighted by Gasteiger charge is 2.24. The van der Waals surface area contributed by atoms with Crippen LogP contribution in [0.15, 0.2) is 18.2 Å². The Morgan fingerprint density at radius 1 is 1.31 bits per heavy atom. The predicted molar refractivity (Wildman–Crippen MR) is 108 cm³/mol. The van der Waals surface area contributed by atoms with Crippen molar-refractivity contribution >= 4 is 23.3 Å².